The zero-order valence-corrected chi connectivity index (χ0v) is 16.2. The summed E-state index contributed by atoms with van der Waals surface area (Å²) in [5.41, 5.74) is 3.85. The number of thioether (sulfide) groups is 1. The molecule has 1 aromatic rings. The average Bonchev–Trinajstić information content (AvgIpc) is 2.58. The van der Waals surface area contributed by atoms with Gasteiger partial charge in [0, 0.05) is 30.8 Å². The molecule has 24 heavy (non-hydrogen) atoms. The van der Waals surface area contributed by atoms with E-state index in [1.165, 1.54) is 12.2 Å². The van der Waals surface area contributed by atoms with Crippen molar-refractivity contribution in [3.8, 4) is 0 Å². The fraction of sp³-hybridized carbons (Fsp3) is 0.450. The van der Waals surface area contributed by atoms with Crippen LogP contribution in [-0.2, 0) is 6.42 Å². The lowest BCUT2D eigenvalue weighted by molar-refractivity contribution is 0.826. The molecule has 130 valence electrons. The molecule has 0 fully saturated rings. The van der Waals surface area contributed by atoms with Gasteiger partial charge in [0.2, 0.25) is 0 Å². The molecule has 0 radical (unpaired) electrons. The van der Waals surface area contributed by atoms with E-state index >= 15 is 0 Å². The summed E-state index contributed by atoms with van der Waals surface area (Å²) in [5, 5.41) is 0. The van der Waals surface area contributed by atoms with Crippen LogP contribution in [0.15, 0.2) is 35.9 Å². The molecule has 0 aromatic carbocycles. The van der Waals surface area contributed by atoms with Gasteiger partial charge in [0.15, 0.2) is 0 Å². The van der Waals surface area contributed by atoms with Gasteiger partial charge in [0.05, 0.1) is 11.4 Å². The van der Waals surface area contributed by atoms with Crippen LogP contribution in [-0.4, -0.2) is 34.7 Å². The second-order valence-electron chi connectivity index (χ2n) is 5.44. The lowest BCUT2D eigenvalue weighted by atomic mass is 10.0. The minimum absolute atomic E-state index is 0.904. The summed E-state index contributed by atoms with van der Waals surface area (Å²) in [6, 6.07) is 0. The van der Waals surface area contributed by atoms with Crippen LogP contribution < -0.4 is 0 Å². The van der Waals surface area contributed by atoms with E-state index in [1.807, 2.05) is 56.1 Å². The van der Waals surface area contributed by atoms with E-state index in [1.54, 1.807) is 7.05 Å². The zero-order chi connectivity index (χ0) is 17.8. The van der Waals surface area contributed by atoms with Crippen LogP contribution in [0, 0.1) is 6.92 Å². The Hall–Kier alpha value is -1.68. The SMILES string of the molecule is C=C/C(=C\C=C/C)c1nc(CCCSCCC)nc(C)c1C=NC. The van der Waals surface area contributed by atoms with E-state index in [0.29, 0.717) is 0 Å². The highest BCUT2D eigenvalue weighted by Crippen LogP contribution is 2.20. The van der Waals surface area contributed by atoms with Gasteiger partial charge in [-0.05, 0) is 38.2 Å². The molecule has 1 rings (SSSR count). The lowest BCUT2D eigenvalue weighted by Crippen LogP contribution is -2.07. The molecule has 1 heterocycles. The van der Waals surface area contributed by atoms with Crippen molar-refractivity contribution >= 4 is 23.5 Å². The molecule has 0 N–H and O–H groups in total. The summed E-state index contributed by atoms with van der Waals surface area (Å²) in [4.78, 5) is 13.6. The summed E-state index contributed by atoms with van der Waals surface area (Å²) in [6.45, 7) is 10.2. The molecule has 1 aromatic heterocycles. The van der Waals surface area contributed by atoms with Crippen LogP contribution >= 0.6 is 11.8 Å². The molecule has 0 aliphatic heterocycles. The molecule has 0 saturated heterocycles. The van der Waals surface area contributed by atoms with E-state index in [0.717, 1.165) is 46.9 Å². The molecule has 3 nitrogen and oxygen atoms in total. The predicted octanol–water partition coefficient (Wildman–Crippen LogP) is 5.06. The summed E-state index contributed by atoms with van der Waals surface area (Å²) in [7, 11) is 1.77. The molecule has 0 bridgehead atoms. The van der Waals surface area contributed by atoms with Gasteiger partial charge in [-0.1, -0.05) is 37.8 Å². The Morgan fingerprint density at radius 3 is 2.71 bits per heavy atom. The number of aromatic nitrogens is 2. The fourth-order valence-corrected chi connectivity index (χ4v) is 3.12. The third-order valence-corrected chi connectivity index (χ3v) is 4.71. The highest BCUT2D eigenvalue weighted by Gasteiger charge is 2.12. The van der Waals surface area contributed by atoms with E-state index in [2.05, 4.69) is 23.5 Å². The first-order chi connectivity index (χ1) is 11.7. The molecule has 0 aliphatic carbocycles. The summed E-state index contributed by atoms with van der Waals surface area (Å²) < 4.78 is 0. The van der Waals surface area contributed by atoms with Crippen LogP contribution in [0.4, 0.5) is 0 Å². The molecule has 4 heteroatoms. The Morgan fingerprint density at radius 2 is 2.08 bits per heavy atom. The molecule has 0 amide bonds. The second kappa shape index (κ2) is 11.8. The van der Waals surface area contributed by atoms with Crippen molar-refractivity contribution < 1.29 is 0 Å². The lowest BCUT2D eigenvalue weighted by Gasteiger charge is -2.11. The highest BCUT2D eigenvalue weighted by molar-refractivity contribution is 7.99. The van der Waals surface area contributed by atoms with Crippen molar-refractivity contribution in [2.75, 3.05) is 18.6 Å². The molecular weight excluding hydrogens is 314 g/mol. The maximum atomic E-state index is 4.81. The number of aliphatic imine (C=N–C) groups is 1. The average molecular weight is 344 g/mol. The van der Waals surface area contributed by atoms with Crippen molar-refractivity contribution in [1.29, 1.82) is 0 Å². The normalized spacial score (nSPS) is 12.4. The van der Waals surface area contributed by atoms with Gasteiger partial charge in [0.25, 0.3) is 0 Å². The quantitative estimate of drug-likeness (QED) is 0.339. The minimum atomic E-state index is 0.904. The first-order valence-electron chi connectivity index (χ1n) is 8.51. The standard InChI is InChI=1S/C20H29N3S/c1-6-9-11-17(8-3)20-18(15-21-5)16(4)22-19(23-20)12-10-14-24-13-7-2/h6,8-9,11,15H,3,7,10,12-14H2,1-2,4-5H3/b9-6-,17-11+,21-15?. The Labute approximate surface area is 151 Å². The third kappa shape index (κ3) is 6.44. The summed E-state index contributed by atoms with van der Waals surface area (Å²) in [5.74, 6) is 3.29. The molecular formula is C20H29N3S. The molecule has 0 saturated carbocycles. The maximum Gasteiger partial charge on any atom is 0.129 e. The second-order valence-corrected chi connectivity index (χ2v) is 6.67. The molecule has 0 spiro atoms. The van der Waals surface area contributed by atoms with Crippen LogP contribution in [0.5, 0.6) is 0 Å². The smallest absolute Gasteiger partial charge is 0.129 e. The van der Waals surface area contributed by atoms with Crippen LogP contribution in [0.25, 0.3) is 5.57 Å². The Kier molecular flexibility index (Phi) is 10.0. The van der Waals surface area contributed by atoms with Crippen molar-refractivity contribution in [3.05, 3.63) is 53.7 Å². The largest absolute Gasteiger partial charge is 0.296 e. The number of nitrogens with zero attached hydrogens (tertiary/aromatic N) is 3. The Bertz CT molecular complexity index is 616. The van der Waals surface area contributed by atoms with Crippen molar-refractivity contribution in [2.45, 2.75) is 40.0 Å². The van der Waals surface area contributed by atoms with Crippen molar-refractivity contribution in [1.82, 2.24) is 9.97 Å². The number of rotatable bonds is 10. The van der Waals surface area contributed by atoms with Gasteiger partial charge in [-0.2, -0.15) is 11.8 Å². The number of hydrogen-bond acceptors (Lipinski definition) is 4. The van der Waals surface area contributed by atoms with Crippen molar-refractivity contribution in [2.24, 2.45) is 4.99 Å². The number of allylic oxidation sites excluding steroid dienone is 5. The fourth-order valence-electron chi connectivity index (χ4n) is 2.28. The number of hydrogen-bond donors (Lipinski definition) is 0. The topological polar surface area (TPSA) is 38.1 Å². The van der Waals surface area contributed by atoms with E-state index < -0.39 is 0 Å². The summed E-state index contributed by atoms with van der Waals surface area (Å²) in [6.07, 6.45) is 12.9. The van der Waals surface area contributed by atoms with Crippen molar-refractivity contribution in [3.63, 3.8) is 0 Å². The molecule has 0 aliphatic rings. The first-order valence-corrected chi connectivity index (χ1v) is 9.66. The van der Waals surface area contributed by atoms with E-state index in [9.17, 15) is 0 Å². The Balaban J connectivity index is 3.11. The van der Waals surface area contributed by atoms with Crippen LogP contribution in [0.3, 0.4) is 0 Å². The summed E-state index contributed by atoms with van der Waals surface area (Å²) >= 11 is 2.00. The van der Waals surface area contributed by atoms with Gasteiger partial charge in [-0.25, -0.2) is 9.97 Å². The van der Waals surface area contributed by atoms with Crippen LogP contribution in [0.2, 0.25) is 0 Å². The van der Waals surface area contributed by atoms with E-state index in [4.69, 9.17) is 4.98 Å². The first kappa shape index (κ1) is 20.4. The van der Waals surface area contributed by atoms with Gasteiger partial charge in [-0.15, -0.1) is 0 Å². The van der Waals surface area contributed by atoms with Gasteiger partial charge < -0.3 is 0 Å². The molecule has 0 atom stereocenters. The maximum absolute atomic E-state index is 4.81. The van der Waals surface area contributed by atoms with Gasteiger partial charge in [0.1, 0.15) is 5.82 Å². The monoisotopic (exact) mass is 343 g/mol. The molecule has 0 unspecified atom stereocenters. The highest BCUT2D eigenvalue weighted by atomic mass is 32.2. The van der Waals surface area contributed by atoms with Crippen LogP contribution in [0.1, 0.15) is 49.5 Å². The number of aryl methyl sites for hydroxylation is 2. The van der Waals surface area contributed by atoms with E-state index in [-0.39, 0.29) is 0 Å². The third-order valence-electron chi connectivity index (χ3n) is 3.44. The zero-order valence-electron chi connectivity index (χ0n) is 15.4. The Morgan fingerprint density at radius 1 is 1.29 bits per heavy atom. The van der Waals surface area contributed by atoms with Gasteiger partial charge in [-0.3, -0.25) is 4.99 Å². The van der Waals surface area contributed by atoms with Gasteiger partial charge >= 0.3 is 0 Å². The minimum Gasteiger partial charge on any atom is -0.296 e. The predicted molar refractivity (Wildman–Crippen MR) is 109 cm³/mol.